The number of esters is 4. The van der Waals surface area contributed by atoms with Gasteiger partial charge in [0.15, 0.2) is 0 Å². The highest BCUT2D eigenvalue weighted by molar-refractivity contribution is 5.98. The van der Waals surface area contributed by atoms with E-state index in [1.807, 2.05) is 60.7 Å². The summed E-state index contributed by atoms with van der Waals surface area (Å²) in [5.74, 6) is -2.90. The normalized spacial score (nSPS) is 11.2. The Balaban J connectivity index is 1.30. The molecule has 0 fully saturated rings. The molecule has 0 saturated heterocycles. The Labute approximate surface area is 330 Å². The summed E-state index contributed by atoms with van der Waals surface area (Å²) in [6.07, 6.45) is 4.85. The van der Waals surface area contributed by atoms with Crippen molar-refractivity contribution in [3.8, 4) is 12.1 Å². The third kappa shape index (κ3) is 12.7. The molecule has 0 spiro atoms. The fourth-order valence-corrected chi connectivity index (χ4v) is 5.20. The first-order chi connectivity index (χ1) is 27.4. The van der Waals surface area contributed by atoms with Gasteiger partial charge in [-0.1, -0.05) is 75.5 Å². The zero-order valence-electron chi connectivity index (χ0n) is 31.5. The molecule has 4 aromatic rings. The van der Waals surface area contributed by atoms with Crippen molar-refractivity contribution in [2.24, 2.45) is 0 Å². The fraction of sp³-hybridized carbons (Fsp3) is 0.156. The lowest BCUT2D eigenvalue weighted by atomic mass is 9.78. The molecule has 12 nitrogen and oxygen atoms in total. The van der Waals surface area contributed by atoms with Crippen LogP contribution in [0.5, 0.6) is 0 Å². The molecule has 0 saturated carbocycles. The number of nitriles is 2. The number of carbonyl (C=O) groups excluding carboxylic acids is 4. The molecule has 0 aliphatic heterocycles. The Morgan fingerprint density at radius 1 is 0.544 bits per heavy atom. The van der Waals surface area contributed by atoms with E-state index in [-0.39, 0.29) is 43.0 Å². The monoisotopic (exact) mass is 764 g/mol. The summed E-state index contributed by atoms with van der Waals surface area (Å²) in [6, 6.07) is 34.4. The van der Waals surface area contributed by atoms with Crippen molar-refractivity contribution in [2.75, 3.05) is 37.1 Å². The van der Waals surface area contributed by atoms with Crippen LogP contribution in [-0.2, 0) is 43.5 Å². The largest absolute Gasteiger partial charge is 0.459 e. The topological polar surface area (TPSA) is 177 Å². The zero-order chi connectivity index (χ0) is 41.2. The Morgan fingerprint density at radius 3 is 1.14 bits per heavy atom. The van der Waals surface area contributed by atoms with Crippen LogP contribution in [-0.4, -0.2) is 50.3 Å². The molecule has 0 unspecified atom stereocenters. The predicted molar refractivity (Wildman–Crippen MR) is 216 cm³/mol. The molecular formula is C45H40N4O8. The van der Waals surface area contributed by atoms with E-state index in [1.54, 1.807) is 24.3 Å². The van der Waals surface area contributed by atoms with Crippen LogP contribution in [0, 0.1) is 22.7 Å². The second-order valence-corrected chi connectivity index (χ2v) is 12.6. The summed E-state index contributed by atoms with van der Waals surface area (Å²) in [5, 5.41) is 25.6. The average Bonchev–Trinajstić information content (AvgIpc) is 3.23. The number of benzene rings is 4. The van der Waals surface area contributed by atoms with Gasteiger partial charge in [-0.25, -0.2) is 19.2 Å². The van der Waals surface area contributed by atoms with E-state index in [0.29, 0.717) is 11.1 Å². The first kappa shape index (κ1) is 42.0. The lowest BCUT2D eigenvalue weighted by Gasteiger charge is -2.26. The standard InChI is InChI=1S/C45H40N4O8/c1-5-41(50)54-23-25-56-43(52)33(29-46)27-31-7-15-37(16-8-31)48-39-19-11-35(12-20-39)45(3,4)36-13-21-40(22-14-36)49-38-17-9-32(10-18-38)28-34(30-47)44(53)57-26-24-55-42(51)6-2/h5-22,27-28,48-49H,1-2,23-26H2,3-4H3/b33-27+,34-28+. The molecule has 4 rings (SSSR count). The number of ether oxygens (including phenoxy) is 4. The fourth-order valence-electron chi connectivity index (χ4n) is 5.20. The van der Waals surface area contributed by atoms with Crippen LogP contribution < -0.4 is 10.6 Å². The Morgan fingerprint density at radius 2 is 0.842 bits per heavy atom. The quantitative estimate of drug-likeness (QED) is 0.0330. The van der Waals surface area contributed by atoms with Gasteiger partial charge in [-0.2, -0.15) is 10.5 Å². The summed E-state index contributed by atoms with van der Waals surface area (Å²) < 4.78 is 19.5. The van der Waals surface area contributed by atoms with E-state index in [4.69, 9.17) is 18.9 Å². The number of anilines is 4. The van der Waals surface area contributed by atoms with Gasteiger partial charge < -0.3 is 29.6 Å². The molecule has 0 bridgehead atoms. The second-order valence-electron chi connectivity index (χ2n) is 12.6. The van der Waals surface area contributed by atoms with Gasteiger partial charge in [0.1, 0.15) is 49.7 Å². The van der Waals surface area contributed by atoms with Gasteiger partial charge in [-0.05, 0) is 82.9 Å². The summed E-state index contributed by atoms with van der Waals surface area (Å²) >= 11 is 0. The van der Waals surface area contributed by atoms with Crippen LogP contribution >= 0.6 is 0 Å². The van der Waals surface area contributed by atoms with Gasteiger partial charge in [0.25, 0.3) is 0 Å². The van der Waals surface area contributed by atoms with Gasteiger partial charge in [0.2, 0.25) is 0 Å². The molecule has 0 radical (unpaired) electrons. The molecule has 0 amide bonds. The first-order valence-corrected chi connectivity index (χ1v) is 17.6. The number of hydrogen-bond donors (Lipinski definition) is 2. The van der Waals surface area contributed by atoms with Gasteiger partial charge in [-0.15, -0.1) is 0 Å². The Kier molecular flexibility index (Phi) is 15.2. The SMILES string of the molecule is C=CC(=O)OCCOC(=O)/C(C#N)=C/c1ccc(Nc2ccc(C(C)(C)c3ccc(Nc4ccc(/C=C(\C#N)C(=O)OCCOC(=O)C=C)cc4)cc3)cc2)cc1. The van der Waals surface area contributed by atoms with E-state index in [9.17, 15) is 29.7 Å². The summed E-state index contributed by atoms with van der Waals surface area (Å²) in [7, 11) is 0. The molecule has 12 heteroatoms. The van der Waals surface area contributed by atoms with Crippen LogP contribution in [0.25, 0.3) is 12.2 Å². The molecule has 2 N–H and O–H groups in total. The molecule has 0 aliphatic rings. The van der Waals surface area contributed by atoms with E-state index >= 15 is 0 Å². The van der Waals surface area contributed by atoms with E-state index in [2.05, 4.69) is 61.9 Å². The van der Waals surface area contributed by atoms with E-state index in [0.717, 1.165) is 46.0 Å². The number of rotatable bonds is 18. The number of carbonyl (C=O) groups is 4. The van der Waals surface area contributed by atoms with Crippen molar-refractivity contribution in [1.82, 2.24) is 0 Å². The van der Waals surface area contributed by atoms with Crippen molar-refractivity contribution in [3.63, 3.8) is 0 Å². The molecule has 57 heavy (non-hydrogen) atoms. The van der Waals surface area contributed by atoms with Gasteiger partial charge in [-0.3, -0.25) is 0 Å². The van der Waals surface area contributed by atoms with Crippen molar-refractivity contribution in [1.29, 1.82) is 10.5 Å². The second kappa shape index (κ2) is 20.7. The van der Waals surface area contributed by atoms with Crippen molar-refractivity contribution in [2.45, 2.75) is 19.3 Å². The van der Waals surface area contributed by atoms with Crippen molar-refractivity contribution in [3.05, 3.63) is 156 Å². The van der Waals surface area contributed by atoms with Crippen molar-refractivity contribution < 1.29 is 38.1 Å². The molecular weight excluding hydrogens is 725 g/mol. The highest BCUT2D eigenvalue weighted by Gasteiger charge is 2.23. The average molecular weight is 765 g/mol. The van der Waals surface area contributed by atoms with Crippen LogP contribution in [0.4, 0.5) is 22.7 Å². The van der Waals surface area contributed by atoms with Crippen LogP contribution in [0.15, 0.2) is 134 Å². The molecule has 0 aromatic heterocycles. The van der Waals surface area contributed by atoms with Crippen LogP contribution in [0.2, 0.25) is 0 Å². The number of nitrogens with zero attached hydrogens (tertiary/aromatic N) is 2. The van der Waals surface area contributed by atoms with Crippen LogP contribution in [0.3, 0.4) is 0 Å². The summed E-state index contributed by atoms with van der Waals surface area (Å²) in [5.41, 5.74) is 6.20. The van der Waals surface area contributed by atoms with Crippen LogP contribution in [0.1, 0.15) is 36.1 Å². The molecule has 288 valence electrons. The predicted octanol–water partition coefficient (Wildman–Crippen LogP) is 7.86. The van der Waals surface area contributed by atoms with Gasteiger partial charge >= 0.3 is 23.9 Å². The Hall–Kier alpha value is -7.70. The molecule has 4 aromatic carbocycles. The maximum atomic E-state index is 12.3. The maximum Gasteiger partial charge on any atom is 0.349 e. The molecule has 0 aliphatic carbocycles. The Bertz CT molecular complexity index is 2070. The minimum atomic E-state index is -0.817. The van der Waals surface area contributed by atoms with Crippen molar-refractivity contribution >= 4 is 58.8 Å². The maximum absolute atomic E-state index is 12.3. The smallest absolute Gasteiger partial charge is 0.349 e. The summed E-state index contributed by atoms with van der Waals surface area (Å²) in [6.45, 7) is 10.2. The van der Waals surface area contributed by atoms with Gasteiger partial charge in [0.05, 0.1) is 0 Å². The first-order valence-electron chi connectivity index (χ1n) is 17.6. The number of hydrogen-bond acceptors (Lipinski definition) is 12. The molecule has 0 atom stereocenters. The lowest BCUT2D eigenvalue weighted by Crippen LogP contribution is -2.18. The number of nitrogens with one attached hydrogen (secondary N) is 2. The molecule has 0 heterocycles. The van der Waals surface area contributed by atoms with E-state index < -0.39 is 23.9 Å². The minimum absolute atomic E-state index is 0.142. The third-order valence-electron chi connectivity index (χ3n) is 8.37. The third-order valence-corrected chi connectivity index (χ3v) is 8.37. The highest BCUT2D eigenvalue weighted by Crippen LogP contribution is 2.33. The lowest BCUT2D eigenvalue weighted by molar-refractivity contribution is -0.146. The minimum Gasteiger partial charge on any atom is -0.459 e. The van der Waals surface area contributed by atoms with E-state index in [1.165, 1.54) is 12.2 Å². The summed E-state index contributed by atoms with van der Waals surface area (Å²) in [4.78, 5) is 46.7. The highest BCUT2D eigenvalue weighted by atomic mass is 16.6. The van der Waals surface area contributed by atoms with Gasteiger partial charge in [0, 0.05) is 40.3 Å². The zero-order valence-corrected chi connectivity index (χ0v) is 31.5.